The molecule has 0 bridgehead atoms. The van der Waals surface area contributed by atoms with E-state index < -0.39 is 16.8 Å². The Hall–Kier alpha value is -1.66. The molecule has 110 valence electrons. The Kier molecular flexibility index (Phi) is 5.14. The van der Waals surface area contributed by atoms with E-state index in [-0.39, 0.29) is 11.3 Å². The van der Waals surface area contributed by atoms with Crippen molar-refractivity contribution in [1.82, 2.24) is 0 Å². The van der Waals surface area contributed by atoms with Gasteiger partial charge in [0, 0.05) is 4.47 Å². The number of methoxy groups -OCH3 is 1. The van der Waals surface area contributed by atoms with Crippen molar-refractivity contribution in [3.63, 3.8) is 0 Å². The van der Waals surface area contributed by atoms with E-state index in [1.807, 2.05) is 12.1 Å². The Labute approximate surface area is 133 Å². The largest absolute Gasteiger partial charge is 0.497 e. The average molecular weight is 369 g/mol. The first kappa shape index (κ1) is 15.7. The Morgan fingerprint density at radius 1 is 1.24 bits per heavy atom. The predicted molar refractivity (Wildman–Crippen MR) is 84.2 cm³/mol. The molecule has 0 spiro atoms. The maximum Gasteiger partial charge on any atom is 0.336 e. The summed E-state index contributed by atoms with van der Waals surface area (Å²) in [4.78, 5) is 11.5. The maximum atomic E-state index is 12.4. The number of hydrogen-bond donors (Lipinski definition) is 1. The van der Waals surface area contributed by atoms with Crippen LogP contribution in [0, 0.1) is 0 Å². The maximum absolute atomic E-state index is 12.4. The SMILES string of the molecule is COc1ccc(CS(=O)c2cc(Br)ccc2C(=O)O)cc1. The zero-order valence-electron chi connectivity index (χ0n) is 11.2. The summed E-state index contributed by atoms with van der Waals surface area (Å²) in [5.74, 6) is -0.112. The number of carboxylic acids is 1. The number of ether oxygens (including phenoxy) is 1. The third-order valence-corrected chi connectivity index (χ3v) is 4.79. The molecule has 0 aliphatic heterocycles. The third-order valence-electron chi connectivity index (χ3n) is 2.88. The first-order chi connectivity index (χ1) is 10.0. The first-order valence-electron chi connectivity index (χ1n) is 6.05. The molecule has 1 atom stereocenters. The highest BCUT2D eigenvalue weighted by Crippen LogP contribution is 2.23. The van der Waals surface area contributed by atoms with Gasteiger partial charge in [-0.15, -0.1) is 0 Å². The van der Waals surface area contributed by atoms with Crippen LogP contribution in [0.25, 0.3) is 0 Å². The molecule has 1 unspecified atom stereocenters. The number of carbonyl (C=O) groups is 1. The summed E-state index contributed by atoms with van der Waals surface area (Å²) in [6.07, 6.45) is 0. The van der Waals surface area contributed by atoms with Crippen LogP contribution in [0.5, 0.6) is 5.75 Å². The average Bonchev–Trinajstić information content (AvgIpc) is 2.47. The quantitative estimate of drug-likeness (QED) is 0.877. The number of aromatic carboxylic acids is 1. The van der Waals surface area contributed by atoms with E-state index in [9.17, 15) is 14.1 Å². The van der Waals surface area contributed by atoms with E-state index in [0.29, 0.717) is 9.37 Å². The minimum Gasteiger partial charge on any atom is -0.497 e. The molecule has 0 radical (unpaired) electrons. The minimum atomic E-state index is -1.44. The van der Waals surface area contributed by atoms with E-state index in [2.05, 4.69) is 15.9 Å². The summed E-state index contributed by atoms with van der Waals surface area (Å²) >= 11 is 3.27. The fraction of sp³-hybridized carbons (Fsp3) is 0.133. The molecule has 0 amide bonds. The number of carboxylic acid groups (broad SMARTS) is 1. The predicted octanol–water partition coefficient (Wildman–Crippen LogP) is 3.46. The van der Waals surface area contributed by atoms with Gasteiger partial charge in [0.25, 0.3) is 0 Å². The summed E-state index contributed by atoms with van der Waals surface area (Å²) in [5, 5.41) is 9.17. The molecule has 6 heteroatoms. The fourth-order valence-corrected chi connectivity index (χ4v) is 3.63. The number of rotatable bonds is 5. The van der Waals surface area contributed by atoms with E-state index >= 15 is 0 Å². The number of halogens is 1. The molecule has 4 nitrogen and oxygen atoms in total. The van der Waals surface area contributed by atoms with Gasteiger partial charge in [-0.2, -0.15) is 0 Å². The summed E-state index contributed by atoms with van der Waals surface area (Å²) in [6, 6.07) is 11.9. The third kappa shape index (κ3) is 3.92. The van der Waals surface area contributed by atoms with Crippen LogP contribution in [-0.2, 0) is 16.6 Å². The fourth-order valence-electron chi connectivity index (χ4n) is 1.81. The number of benzene rings is 2. The second-order valence-corrected chi connectivity index (χ2v) is 6.62. The van der Waals surface area contributed by atoms with E-state index in [1.165, 1.54) is 6.07 Å². The lowest BCUT2D eigenvalue weighted by molar-refractivity contribution is 0.0693. The second kappa shape index (κ2) is 6.87. The van der Waals surface area contributed by atoms with Crippen LogP contribution in [-0.4, -0.2) is 22.4 Å². The molecule has 0 aliphatic rings. The Balaban J connectivity index is 2.27. The van der Waals surface area contributed by atoms with Crippen molar-refractivity contribution in [3.8, 4) is 5.75 Å². The molecule has 2 rings (SSSR count). The molecular weight excluding hydrogens is 356 g/mol. The molecule has 0 heterocycles. The van der Waals surface area contributed by atoms with Gasteiger partial charge in [-0.1, -0.05) is 28.1 Å². The Bertz CT molecular complexity index is 683. The van der Waals surface area contributed by atoms with E-state index in [0.717, 1.165) is 11.3 Å². The van der Waals surface area contributed by atoms with Crippen molar-refractivity contribution >= 4 is 32.7 Å². The zero-order valence-corrected chi connectivity index (χ0v) is 13.6. The summed E-state index contributed by atoms with van der Waals surface area (Å²) in [5.41, 5.74) is 0.912. The van der Waals surface area contributed by atoms with Gasteiger partial charge in [0.1, 0.15) is 5.75 Å². The van der Waals surface area contributed by atoms with Gasteiger partial charge in [-0.05, 0) is 35.9 Å². The first-order valence-corrected chi connectivity index (χ1v) is 8.16. The van der Waals surface area contributed by atoms with Crippen LogP contribution in [0.15, 0.2) is 51.8 Å². The molecule has 21 heavy (non-hydrogen) atoms. The smallest absolute Gasteiger partial charge is 0.336 e. The van der Waals surface area contributed by atoms with Crippen molar-refractivity contribution in [2.45, 2.75) is 10.6 Å². The minimum absolute atomic E-state index is 0.0602. The summed E-state index contributed by atoms with van der Waals surface area (Å²) < 4.78 is 18.2. The van der Waals surface area contributed by atoms with E-state index in [1.54, 1.807) is 31.4 Å². The number of hydrogen-bond acceptors (Lipinski definition) is 3. The van der Waals surface area contributed by atoms with Crippen LogP contribution < -0.4 is 4.74 Å². The molecule has 2 aromatic carbocycles. The monoisotopic (exact) mass is 368 g/mol. The second-order valence-electron chi connectivity index (χ2n) is 4.28. The lowest BCUT2D eigenvalue weighted by Gasteiger charge is -2.08. The van der Waals surface area contributed by atoms with Crippen molar-refractivity contribution in [2.24, 2.45) is 0 Å². The lowest BCUT2D eigenvalue weighted by atomic mass is 10.2. The standard InChI is InChI=1S/C15H13BrO4S/c1-20-12-5-2-10(3-6-12)9-21(19)14-8-11(16)4-7-13(14)15(17)18/h2-8H,9H2,1H3,(H,17,18). The van der Waals surface area contributed by atoms with Gasteiger partial charge in [-0.3, -0.25) is 4.21 Å². The Morgan fingerprint density at radius 2 is 1.90 bits per heavy atom. The van der Waals surface area contributed by atoms with Crippen LogP contribution in [0.2, 0.25) is 0 Å². The molecule has 0 saturated heterocycles. The highest BCUT2D eigenvalue weighted by molar-refractivity contribution is 9.10. The van der Waals surface area contributed by atoms with Crippen LogP contribution in [0.3, 0.4) is 0 Å². The van der Waals surface area contributed by atoms with Crippen LogP contribution in [0.1, 0.15) is 15.9 Å². The van der Waals surface area contributed by atoms with Gasteiger partial charge in [0.15, 0.2) is 0 Å². The Morgan fingerprint density at radius 3 is 2.48 bits per heavy atom. The molecule has 0 aromatic heterocycles. The van der Waals surface area contributed by atoms with E-state index in [4.69, 9.17) is 4.74 Å². The highest BCUT2D eigenvalue weighted by atomic mass is 79.9. The topological polar surface area (TPSA) is 63.6 Å². The van der Waals surface area contributed by atoms with Gasteiger partial charge >= 0.3 is 5.97 Å². The van der Waals surface area contributed by atoms with Gasteiger partial charge in [-0.25, -0.2) is 4.79 Å². The van der Waals surface area contributed by atoms with Crippen LogP contribution >= 0.6 is 15.9 Å². The summed E-state index contributed by atoms with van der Waals surface area (Å²) in [7, 11) is 0.140. The molecule has 0 saturated carbocycles. The van der Waals surface area contributed by atoms with Crippen molar-refractivity contribution in [1.29, 1.82) is 0 Å². The van der Waals surface area contributed by atoms with Crippen molar-refractivity contribution in [3.05, 3.63) is 58.1 Å². The lowest BCUT2D eigenvalue weighted by Crippen LogP contribution is -2.06. The normalized spacial score (nSPS) is 11.9. The van der Waals surface area contributed by atoms with Gasteiger partial charge in [0.2, 0.25) is 0 Å². The zero-order chi connectivity index (χ0) is 15.4. The van der Waals surface area contributed by atoms with Crippen molar-refractivity contribution < 1.29 is 18.8 Å². The van der Waals surface area contributed by atoms with Crippen LogP contribution in [0.4, 0.5) is 0 Å². The molecule has 2 aromatic rings. The summed E-state index contributed by atoms with van der Waals surface area (Å²) in [6.45, 7) is 0. The molecule has 0 aliphatic carbocycles. The van der Waals surface area contributed by atoms with Gasteiger partial charge in [0.05, 0.1) is 34.1 Å². The molecular formula is C15H13BrO4S. The van der Waals surface area contributed by atoms with Crippen molar-refractivity contribution in [2.75, 3.05) is 7.11 Å². The van der Waals surface area contributed by atoms with Gasteiger partial charge < -0.3 is 9.84 Å². The highest BCUT2D eigenvalue weighted by Gasteiger charge is 2.16. The molecule has 1 N–H and O–H groups in total. The molecule has 0 fully saturated rings.